The third-order valence-electron chi connectivity index (χ3n) is 2.98. The van der Waals surface area contributed by atoms with E-state index in [1.165, 1.54) is 24.0 Å². The molecule has 0 N–H and O–H groups in total. The van der Waals surface area contributed by atoms with Crippen LogP contribution in [-0.2, 0) is 0 Å². The number of rotatable bonds is 4. The van der Waals surface area contributed by atoms with E-state index in [9.17, 15) is 0 Å². The van der Waals surface area contributed by atoms with E-state index >= 15 is 0 Å². The van der Waals surface area contributed by atoms with Gasteiger partial charge in [0.15, 0.2) is 0 Å². The Labute approximate surface area is 119 Å². The predicted octanol–water partition coefficient (Wildman–Crippen LogP) is 6.28. The molecule has 2 rings (SSSR count). The molecule has 0 heteroatoms. The smallest absolute Gasteiger partial charge is 0.00892 e. The topological polar surface area (TPSA) is 0 Å². The molecule has 0 aliphatic rings. The molecule has 0 fully saturated rings. The van der Waals surface area contributed by atoms with Crippen LogP contribution in [0.3, 0.4) is 0 Å². The Kier molecular flexibility index (Phi) is 9.52. The van der Waals surface area contributed by atoms with Crippen LogP contribution >= 0.6 is 0 Å². The molecular formula is C19H28. The summed E-state index contributed by atoms with van der Waals surface area (Å²) in [6.07, 6.45) is 2.43. The molecule has 0 spiro atoms. The van der Waals surface area contributed by atoms with Crippen LogP contribution in [0.15, 0.2) is 60.7 Å². The summed E-state index contributed by atoms with van der Waals surface area (Å²) in [5, 5.41) is 0. The van der Waals surface area contributed by atoms with E-state index in [4.69, 9.17) is 0 Å². The van der Waals surface area contributed by atoms with Crippen molar-refractivity contribution in [3.63, 3.8) is 0 Å². The summed E-state index contributed by atoms with van der Waals surface area (Å²) in [6.45, 7) is 6.25. The van der Waals surface area contributed by atoms with Crippen molar-refractivity contribution in [2.75, 3.05) is 0 Å². The van der Waals surface area contributed by atoms with Gasteiger partial charge in [0, 0.05) is 5.92 Å². The quantitative estimate of drug-likeness (QED) is 0.603. The van der Waals surface area contributed by atoms with Crippen molar-refractivity contribution in [3.8, 4) is 0 Å². The number of benzene rings is 2. The summed E-state index contributed by atoms with van der Waals surface area (Å²) < 4.78 is 0. The molecule has 19 heavy (non-hydrogen) atoms. The van der Waals surface area contributed by atoms with Crippen molar-refractivity contribution >= 4 is 0 Å². The van der Waals surface area contributed by atoms with E-state index in [2.05, 4.69) is 67.6 Å². The summed E-state index contributed by atoms with van der Waals surface area (Å²) in [6, 6.07) is 21.6. The van der Waals surface area contributed by atoms with E-state index in [1.54, 1.807) is 0 Å². The Morgan fingerprint density at radius 3 is 1.42 bits per heavy atom. The maximum Gasteiger partial charge on any atom is 0.00892 e. The first-order chi connectivity index (χ1) is 8.92. The molecule has 0 nitrogen and oxygen atoms in total. The summed E-state index contributed by atoms with van der Waals surface area (Å²) in [5.74, 6) is 0.549. The summed E-state index contributed by atoms with van der Waals surface area (Å²) in [5.41, 5.74) is 2.85. The van der Waals surface area contributed by atoms with Gasteiger partial charge in [0.2, 0.25) is 0 Å². The van der Waals surface area contributed by atoms with Gasteiger partial charge in [-0.05, 0) is 17.5 Å². The molecule has 2 aromatic carbocycles. The third kappa shape index (κ3) is 5.30. The van der Waals surface area contributed by atoms with Gasteiger partial charge in [0.05, 0.1) is 0 Å². The van der Waals surface area contributed by atoms with Crippen LogP contribution in [0.4, 0.5) is 0 Å². The van der Waals surface area contributed by atoms with Crippen LogP contribution < -0.4 is 0 Å². The highest BCUT2D eigenvalue weighted by atomic mass is 14.2. The zero-order valence-electron chi connectivity index (χ0n) is 11.8. The maximum atomic E-state index is 2.25. The van der Waals surface area contributed by atoms with E-state index in [-0.39, 0.29) is 7.43 Å². The Balaban J connectivity index is 0.00000103. The highest BCUT2D eigenvalue weighted by Crippen LogP contribution is 2.28. The average Bonchev–Trinajstić information content (AvgIpc) is 2.49. The van der Waals surface area contributed by atoms with Gasteiger partial charge in [-0.1, -0.05) is 95.3 Å². The summed E-state index contributed by atoms with van der Waals surface area (Å²) >= 11 is 0. The second-order valence-corrected chi connectivity index (χ2v) is 4.16. The number of hydrogen-bond acceptors (Lipinski definition) is 0. The predicted molar refractivity (Wildman–Crippen MR) is 87.7 cm³/mol. The summed E-state index contributed by atoms with van der Waals surface area (Å²) in [7, 11) is 0. The lowest BCUT2D eigenvalue weighted by Crippen LogP contribution is -2.00. The fourth-order valence-electron chi connectivity index (χ4n) is 2.19. The van der Waals surface area contributed by atoms with E-state index in [0.717, 1.165) is 0 Å². The van der Waals surface area contributed by atoms with E-state index in [1.807, 2.05) is 13.8 Å². The highest BCUT2D eigenvalue weighted by Gasteiger charge is 2.11. The van der Waals surface area contributed by atoms with Gasteiger partial charge in [-0.25, -0.2) is 0 Å². The Morgan fingerprint density at radius 2 is 1.11 bits per heavy atom. The van der Waals surface area contributed by atoms with Crippen LogP contribution in [0, 0.1) is 0 Å². The van der Waals surface area contributed by atoms with Crippen LogP contribution in [0.5, 0.6) is 0 Å². The lowest BCUT2D eigenvalue weighted by molar-refractivity contribution is 0.698. The molecule has 2 aromatic rings. The normalized spacial score (nSPS) is 9.26. The molecule has 104 valence electrons. The van der Waals surface area contributed by atoms with Crippen molar-refractivity contribution in [2.24, 2.45) is 0 Å². The van der Waals surface area contributed by atoms with Gasteiger partial charge >= 0.3 is 0 Å². The molecular weight excluding hydrogens is 228 g/mol. The first-order valence-corrected chi connectivity index (χ1v) is 7.01. The number of hydrogen-bond donors (Lipinski definition) is 0. The minimum absolute atomic E-state index is 0. The first kappa shape index (κ1) is 17.4. The molecule has 0 saturated heterocycles. The van der Waals surface area contributed by atoms with Crippen molar-refractivity contribution in [1.29, 1.82) is 0 Å². The monoisotopic (exact) mass is 256 g/mol. The second-order valence-electron chi connectivity index (χ2n) is 4.16. The lowest BCUT2D eigenvalue weighted by atomic mass is 9.88. The van der Waals surface area contributed by atoms with Gasteiger partial charge in [0.1, 0.15) is 0 Å². The standard InChI is InChI=1S/C16H18.C2H6.CH4/c1-2-9-16(14-10-5-3-6-11-14)15-12-7-4-8-13-15;1-2;/h3-8,10-13,16H,2,9H2,1H3;1-2H3;1H4. The lowest BCUT2D eigenvalue weighted by Gasteiger charge is -2.17. The fraction of sp³-hybridized carbons (Fsp3) is 0.368. The third-order valence-corrected chi connectivity index (χ3v) is 2.98. The minimum atomic E-state index is 0. The molecule has 0 bridgehead atoms. The SMILES string of the molecule is C.CC.CCCC(c1ccccc1)c1ccccc1. The van der Waals surface area contributed by atoms with Crippen molar-refractivity contribution in [1.82, 2.24) is 0 Å². The fourth-order valence-corrected chi connectivity index (χ4v) is 2.19. The van der Waals surface area contributed by atoms with Gasteiger partial charge in [-0.2, -0.15) is 0 Å². The van der Waals surface area contributed by atoms with E-state index in [0.29, 0.717) is 5.92 Å². The molecule has 0 heterocycles. The minimum Gasteiger partial charge on any atom is -0.0776 e. The van der Waals surface area contributed by atoms with Gasteiger partial charge < -0.3 is 0 Å². The van der Waals surface area contributed by atoms with Crippen molar-refractivity contribution in [2.45, 2.75) is 47.0 Å². The Bertz CT molecular complexity index is 363. The van der Waals surface area contributed by atoms with Crippen LogP contribution in [0.25, 0.3) is 0 Å². The molecule has 0 radical (unpaired) electrons. The highest BCUT2D eigenvalue weighted by molar-refractivity contribution is 5.32. The van der Waals surface area contributed by atoms with Crippen LogP contribution in [0.1, 0.15) is 58.1 Å². The van der Waals surface area contributed by atoms with Gasteiger partial charge in [-0.3, -0.25) is 0 Å². The molecule has 0 atom stereocenters. The molecule has 0 aliphatic heterocycles. The maximum absolute atomic E-state index is 2.25. The second kappa shape index (κ2) is 10.4. The molecule has 0 unspecified atom stereocenters. The largest absolute Gasteiger partial charge is 0.0776 e. The van der Waals surface area contributed by atoms with E-state index < -0.39 is 0 Å². The zero-order valence-corrected chi connectivity index (χ0v) is 11.8. The van der Waals surface area contributed by atoms with Crippen molar-refractivity contribution in [3.05, 3.63) is 71.8 Å². The van der Waals surface area contributed by atoms with Gasteiger partial charge in [0.25, 0.3) is 0 Å². The summed E-state index contributed by atoms with van der Waals surface area (Å²) in [4.78, 5) is 0. The van der Waals surface area contributed by atoms with Crippen LogP contribution in [0.2, 0.25) is 0 Å². The van der Waals surface area contributed by atoms with Gasteiger partial charge in [-0.15, -0.1) is 0 Å². The molecule has 0 aliphatic carbocycles. The van der Waals surface area contributed by atoms with Crippen molar-refractivity contribution < 1.29 is 0 Å². The Hall–Kier alpha value is -1.56. The Morgan fingerprint density at radius 1 is 0.737 bits per heavy atom. The molecule has 0 aromatic heterocycles. The first-order valence-electron chi connectivity index (χ1n) is 7.01. The van der Waals surface area contributed by atoms with Crippen LogP contribution in [-0.4, -0.2) is 0 Å². The zero-order chi connectivity index (χ0) is 13.2. The average molecular weight is 256 g/mol. The molecule has 0 amide bonds. The molecule has 0 saturated carbocycles.